The van der Waals surface area contributed by atoms with Crippen LogP contribution < -0.4 is 0 Å². The Kier molecular flexibility index (Phi) is 3.50. The zero-order valence-corrected chi connectivity index (χ0v) is 10.9. The van der Waals surface area contributed by atoms with Crippen LogP contribution in [-0.2, 0) is 9.53 Å². The van der Waals surface area contributed by atoms with Gasteiger partial charge in [-0.05, 0) is 26.7 Å². The van der Waals surface area contributed by atoms with Crippen molar-refractivity contribution in [1.29, 1.82) is 0 Å². The molecule has 1 N–H and O–H groups in total. The van der Waals surface area contributed by atoms with E-state index >= 15 is 0 Å². The molecule has 1 heterocycles. The fourth-order valence-corrected chi connectivity index (χ4v) is 1.71. The molecule has 0 radical (unpaired) electrons. The fraction of sp³-hybridized carbons (Fsp3) is 0.667. The number of hydrogen-bond acceptors (Lipinski definition) is 4. The van der Waals surface area contributed by atoms with Crippen LogP contribution in [0.4, 0.5) is 4.79 Å². The molecule has 5 nitrogen and oxygen atoms in total. The topological polar surface area (TPSA) is 66.8 Å². The highest BCUT2D eigenvalue weighted by atomic mass is 16.6. The average molecular weight is 241 g/mol. The average Bonchev–Trinajstić information content (AvgIpc) is 2.37. The summed E-state index contributed by atoms with van der Waals surface area (Å²) in [5.74, 6) is -0.684. The summed E-state index contributed by atoms with van der Waals surface area (Å²) < 4.78 is 5.14. The molecule has 0 saturated carbocycles. The van der Waals surface area contributed by atoms with E-state index in [0.29, 0.717) is 0 Å². The lowest BCUT2D eigenvalue weighted by Crippen LogP contribution is -2.45. The standard InChI is InChI=1S/C12H19NO4/c1-7(2)10-8(14)6-9(15)13(10)11(16)17-12(3,4)5/h6-7,10,14H,1-5H3/t10-/m0/s1. The van der Waals surface area contributed by atoms with Gasteiger partial charge in [-0.1, -0.05) is 13.8 Å². The normalized spacial score (nSPS) is 20.8. The predicted octanol–water partition coefficient (Wildman–Crippen LogP) is 2.23. The minimum Gasteiger partial charge on any atom is -0.510 e. The molecule has 0 fully saturated rings. The lowest BCUT2D eigenvalue weighted by atomic mass is 10.0. The molecular weight excluding hydrogens is 222 g/mol. The van der Waals surface area contributed by atoms with E-state index in [9.17, 15) is 14.7 Å². The summed E-state index contributed by atoms with van der Waals surface area (Å²) in [5.41, 5.74) is -0.670. The van der Waals surface area contributed by atoms with E-state index in [2.05, 4.69) is 0 Å². The maximum atomic E-state index is 11.9. The van der Waals surface area contributed by atoms with E-state index in [-0.39, 0.29) is 11.7 Å². The molecule has 96 valence electrons. The molecule has 1 aliphatic heterocycles. The monoisotopic (exact) mass is 241 g/mol. The van der Waals surface area contributed by atoms with E-state index in [0.717, 1.165) is 11.0 Å². The number of aliphatic hydroxyl groups excluding tert-OH is 1. The van der Waals surface area contributed by atoms with E-state index < -0.39 is 23.6 Å². The number of imide groups is 1. The molecule has 0 unspecified atom stereocenters. The van der Waals surface area contributed by atoms with Gasteiger partial charge < -0.3 is 9.84 Å². The van der Waals surface area contributed by atoms with Gasteiger partial charge >= 0.3 is 6.09 Å². The van der Waals surface area contributed by atoms with E-state index in [4.69, 9.17) is 4.74 Å². The summed E-state index contributed by atoms with van der Waals surface area (Å²) in [7, 11) is 0. The van der Waals surface area contributed by atoms with Gasteiger partial charge in [0.2, 0.25) is 0 Å². The Balaban J connectivity index is 2.90. The van der Waals surface area contributed by atoms with Crippen LogP contribution in [0.3, 0.4) is 0 Å². The minimum atomic E-state index is -0.721. The summed E-state index contributed by atoms with van der Waals surface area (Å²) in [5, 5.41) is 9.64. The molecule has 17 heavy (non-hydrogen) atoms. The Morgan fingerprint density at radius 1 is 1.47 bits per heavy atom. The van der Waals surface area contributed by atoms with E-state index in [1.807, 2.05) is 13.8 Å². The van der Waals surface area contributed by atoms with Gasteiger partial charge in [-0.2, -0.15) is 0 Å². The fourth-order valence-electron chi connectivity index (χ4n) is 1.71. The Labute approximate surface area is 101 Å². The molecule has 5 heteroatoms. The second-order valence-corrected chi connectivity index (χ2v) is 5.45. The maximum Gasteiger partial charge on any atom is 0.418 e. The predicted molar refractivity (Wildman–Crippen MR) is 62.4 cm³/mol. The molecule has 0 aromatic rings. The first-order chi connectivity index (χ1) is 7.63. The molecule has 0 bridgehead atoms. The molecule has 1 rings (SSSR count). The number of nitrogens with zero attached hydrogens (tertiary/aromatic N) is 1. The second-order valence-electron chi connectivity index (χ2n) is 5.45. The van der Waals surface area contributed by atoms with Gasteiger partial charge in [-0.3, -0.25) is 4.79 Å². The number of ether oxygens (including phenoxy) is 1. The Bertz CT molecular complexity index is 365. The van der Waals surface area contributed by atoms with Crippen LogP contribution >= 0.6 is 0 Å². The van der Waals surface area contributed by atoms with Crippen molar-refractivity contribution in [3.8, 4) is 0 Å². The van der Waals surface area contributed by atoms with Crippen molar-refractivity contribution in [3.63, 3.8) is 0 Å². The molecular formula is C12H19NO4. The summed E-state index contributed by atoms with van der Waals surface area (Å²) >= 11 is 0. The zero-order chi connectivity index (χ0) is 13.4. The first-order valence-electron chi connectivity index (χ1n) is 5.60. The first kappa shape index (κ1) is 13.5. The number of amides is 2. The van der Waals surface area contributed by atoms with Crippen LogP contribution in [0, 0.1) is 5.92 Å². The van der Waals surface area contributed by atoms with Gasteiger partial charge in [-0.15, -0.1) is 0 Å². The zero-order valence-electron chi connectivity index (χ0n) is 10.9. The van der Waals surface area contributed by atoms with Crippen LogP contribution in [0.5, 0.6) is 0 Å². The van der Waals surface area contributed by atoms with Gasteiger partial charge in [-0.25, -0.2) is 9.69 Å². The Morgan fingerprint density at radius 2 is 2.00 bits per heavy atom. The van der Waals surface area contributed by atoms with Crippen molar-refractivity contribution >= 4 is 12.0 Å². The van der Waals surface area contributed by atoms with Crippen LogP contribution in [0.25, 0.3) is 0 Å². The Morgan fingerprint density at radius 3 is 2.41 bits per heavy atom. The van der Waals surface area contributed by atoms with Crippen molar-refractivity contribution in [1.82, 2.24) is 4.90 Å². The molecule has 0 aromatic carbocycles. The van der Waals surface area contributed by atoms with Crippen molar-refractivity contribution in [2.75, 3.05) is 0 Å². The molecule has 0 saturated heterocycles. The van der Waals surface area contributed by atoms with Gasteiger partial charge in [0.1, 0.15) is 17.4 Å². The molecule has 2 amide bonds. The van der Waals surface area contributed by atoms with Gasteiger partial charge in [0, 0.05) is 6.08 Å². The van der Waals surface area contributed by atoms with Crippen molar-refractivity contribution in [3.05, 3.63) is 11.8 Å². The number of hydrogen-bond donors (Lipinski definition) is 1. The van der Waals surface area contributed by atoms with Crippen molar-refractivity contribution in [2.24, 2.45) is 5.92 Å². The van der Waals surface area contributed by atoms with E-state index in [1.54, 1.807) is 20.8 Å². The van der Waals surface area contributed by atoms with Crippen molar-refractivity contribution in [2.45, 2.75) is 46.3 Å². The lowest BCUT2D eigenvalue weighted by molar-refractivity contribution is -0.126. The van der Waals surface area contributed by atoms with Crippen LogP contribution in [0.2, 0.25) is 0 Å². The molecule has 1 aliphatic rings. The molecule has 0 aliphatic carbocycles. The Hall–Kier alpha value is -1.52. The maximum absolute atomic E-state index is 11.9. The highest BCUT2D eigenvalue weighted by Crippen LogP contribution is 2.26. The van der Waals surface area contributed by atoms with Crippen LogP contribution in [-0.4, -0.2) is 33.6 Å². The number of rotatable bonds is 1. The molecule has 0 spiro atoms. The quantitative estimate of drug-likeness (QED) is 0.764. The van der Waals surface area contributed by atoms with E-state index in [1.165, 1.54) is 0 Å². The largest absolute Gasteiger partial charge is 0.510 e. The summed E-state index contributed by atoms with van der Waals surface area (Å²) in [6.07, 6.45) is 0.343. The third-order valence-electron chi connectivity index (χ3n) is 2.31. The van der Waals surface area contributed by atoms with Crippen molar-refractivity contribution < 1.29 is 19.4 Å². The van der Waals surface area contributed by atoms with Crippen LogP contribution in [0.15, 0.2) is 11.8 Å². The third kappa shape index (κ3) is 2.99. The van der Waals surface area contributed by atoms with Crippen LogP contribution in [0.1, 0.15) is 34.6 Å². The molecule has 0 aromatic heterocycles. The summed E-state index contributed by atoms with van der Waals surface area (Å²) in [6, 6.07) is -0.627. The highest BCUT2D eigenvalue weighted by Gasteiger charge is 2.41. The first-order valence-corrected chi connectivity index (χ1v) is 5.60. The summed E-state index contributed by atoms with van der Waals surface area (Å²) in [6.45, 7) is 8.82. The third-order valence-corrected chi connectivity index (χ3v) is 2.31. The second kappa shape index (κ2) is 4.39. The number of aliphatic hydroxyl groups is 1. The minimum absolute atomic E-state index is 0.0646. The summed E-state index contributed by atoms with van der Waals surface area (Å²) in [4.78, 5) is 24.4. The van der Waals surface area contributed by atoms with Gasteiger partial charge in [0.05, 0.1) is 0 Å². The smallest absolute Gasteiger partial charge is 0.418 e. The lowest BCUT2D eigenvalue weighted by Gasteiger charge is -2.29. The number of carbonyl (C=O) groups is 2. The molecule has 1 atom stereocenters. The van der Waals surface area contributed by atoms with Gasteiger partial charge in [0.25, 0.3) is 5.91 Å². The highest BCUT2D eigenvalue weighted by molar-refractivity contribution is 6.02. The SMILES string of the molecule is CC(C)[C@H]1C(O)=CC(=O)N1C(=O)OC(C)(C)C. The van der Waals surface area contributed by atoms with Gasteiger partial charge in [0.15, 0.2) is 0 Å². The number of carbonyl (C=O) groups excluding carboxylic acids is 2.